The Morgan fingerprint density at radius 2 is 2.13 bits per heavy atom. The standard InChI is InChI=1S/C10H12FNO3/c1-14-9-4-6(11)3-8(12)7(9)5-10(13)15-2/h3-4H,5,12H2,1-2H3. The van der Waals surface area contributed by atoms with Crippen LogP contribution in [0.1, 0.15) is 5.56 Å². The molecule has 0 spiro atoms. The normalized spacial score (nSPS) is 9.80. The van der Waals surface area contributed by atoms with Gasteiger partial charge in [-0.15, -0.1) is 0 Å². The van der Waals surface area contributed by atoms with E-state index in [1.165, 1.54) is 20.3 Å². The van der Waals surface area contributed by atoms with Gasteiger partial charge in [0.15, 0.2) is 0 Å². The van der Waals surface area contributed by atoms with E-state index in [0.717, 1.165) is 6.07 Å². The highest BCUT2D eigenvalue weighted by Crippen LogP contribution is 2.26. The molecular formula is C10H12FNO3. The SMILES string of the molecule is COC(=O)Cc1c(N)cc(F)cc1OC. The molecule has 0 fully saturated rings. The summed E-state index contributed by atoms with van der Waals surface area (Å²) in [7, 11) is 2.66. The number of ether oxygens (including phenoxy) is 2. The number of anilines is 1. The Morgan fingerprint density at radius 3 is 2.67 bits per heavy atom. The first-order valence-electron chi connectivity index (χ1n) is 4.27. The molecule has 0 amide bonds. The molecule has 0 saturated carbocycles. The third-order valence-corrected chi connectivity index (χ3v) is 1.98. The minimum atomic E-state index is -0.502. The molecule has 0 aliphatic heterocycles. The van der Waals surface area contributed by atoms with Gasteiger partial charge < -0.3 is 15.2 Å². The summed E-state index contributed by atoms with van der Waals surface area (Å²) in [5, 5.41) is 0. The highest BCUT2D eigenvalue weighted by atomic mass is 19.1. The first kappa shape index (κ1) is 11.3. The molecule has 0 unspecified atom stereocenters. The van der Waals surface area contributed by atoms with Crippen LogP contribution in [0.15, 0.2) is 12.1 Å². The van der Waals surface area contributed by atoms with Gasteiger partial charge in [0, 0.05) is 17.3 Å². The lowest BCUT2D eigenvalue weighted by atomic mass is 10.1. The Bertz CT molecular complexity index is 379. The Kier molecular flexibility index (Phi) is 3.49. The molecule has 0 aliphatic carbocycles. The summed E-state index contributed by atoms with van der Waals surface area (Å²) >= 11 is 0. The van der Waals surface area contributed by atoms with Crippen molar-refractivity contribution in [1.29, 1.82) is 0 Å². The van der Waals surface area contributed by atoms with Crippen molar-refractivity contribution in [2.45, 2.75) is 6.42 Å². The van der Waals surface area contributed by atoms with Crippen LogP contribution in [-0.4, -0.2) is 20.2 Å². The van der Waals surface area contributed by atoms with Gasteiger partial charge in [-0.1, -0.05) is 0 Å². The molecule has 0 radical (unpaired) electrons. The van der Waals surface area contributed by atoms with Gasteiger partial charge in [-0.3, -0.25) is 4.79 Å². The van der Waals surface area contributed by atoms with Crippen LogP contribution in [0.5, 0.6) is 5.75 Å². The van der Waals surface area contributed by atoms with E-state index in [0.29, 0.717) is 5.56 Å². The van der Waals surface area contributed by atoms with Crippen molar-refractivity contribution in [3.05, 3.63) is 23.5 Å². The average Bonchev–Trinajstić information content (AvgIpc) is 2.21. The van der Waals surface area contributed by atoms with Gasteiger partial charge in [-0.2, -0.15) is 0 Å². The fourth-order valence-corrected chi connectivity index (χ4v) is 1.22. The smallest absolute Gasteiger partial charge is 0.310 e. The Morgan fingerprint density at radius 1 is 1.47 bits per heavy atom. The third-order valence-electron chi connectivity index (χ3n) is 1.98. The van der Waals surface area contributed by atoms with Crippen LogP contribution in [0, 0.1) is 5.82 Å². The molecule has 15 heavy (non-hydrogen) atoms. The van der Waals surface area contributed by atoms with E-state index >= 15 is 0 Å². The minimum Gasteiger partial charge on any atom is -0.496 e. The van der Waals surface area contributed by atoms with E-state index in [1.807, 2.05) is 0 Å². The van der Waals surface area contributed by atoms with Crippen molar-refractivity contribution in [1.82, 2.24) is 0 Å². The van der Waals surface area contributed by atoms with Gasteiger partial charge in [-0.25, -0.2) is 4.39 Å². The molecule has 0 aromatic heterocycles. The molecule has 0 heterocycles. The van der Waals surface area contributed by atoms with Gasteiger partial charge in [0.2, 0.25) is 0 Å². The summed E-state index contributed by atoms with van der Waals surface area (Å²) in [6.07, 6.45) is -0.0359. The summed E-state index contributed by atoms with van der Waals surface area (Å²) < 4.78 is 22.4. The topological polar surface area (TPSA) is 61.5 Å². The molecule has 82 valence electrons. The predicted molar refractivity (Wildman–Crippen MR) is 53.1 cm³/mol. The van der Waals surface area contributed by atoms with E-state index in [1.54, 1.807) is 0 Å². The van der Waals surface area contributed by atoms with Crippen LogP contribution in [0.3, 0.4) is 0 Å². The third kappa shape index (κ3) is 2.59. The molecule has 1 aromatic carbocycles. The maximum absolute atomic E-state index is 12.9. The largest absolute Gasteiger partial charge is 0.496 e. The summed E-state index contributed by atoms with van der Waals surface area (Å²) in [5.74, 6) is -0.706. The summed E-state index contributed by atoms with van der Waals surface area (Å²) in [5.41, 5.74) is 6.19. The minimum absolute atomic E-state index is 0.0359. The maximum Gasteiger partial charge on any atom is 0.310 e. The van der Waals surface area contributed by atoms with Crippen molar-refractivity contribution >= 4 is 11.7 Å². The fraction of sp³-hybridized carbons (Fsp3) is 0.300. The molecule has 1 aromatic rings. The van der Waals surface area contributed by atoms with Crippen LogP contribution < -0.4 is 10.5 Å². The van der Waals surface area contributed by atoms with Gasteiger partial charge in [0.05, 0.1) is 20.6 Å². The molecule has 0 atom stereocenters. The van der Waals surface area contributed by atoms with Crippen molar-refractivity contribution in [2.24, 2.45) is 0 Å². The van der Waals surface area contributed by atoms with E-state index in [2.05, 4.69) is 4.74 Å². The maximum atomic E-state index is 12.9. The number of carbonyl (C=O) groups is 1. The van der Waals surface area contributed by atoms with Gasteiger partial charge in [-0.05, 0) is 6.07 Å². The molecule has 0 bridgehead atoms. The number of nitrogen functional groups attached to an aromatic ring is 1. The fourth-order valence-electron chi connectivity index (χ4n) is 1.22. The molecular weight excluding hydrogens is 201 g/mol. The second kappa shape index (κ2) is 4.63. The van der Waals surface area contributed by atoms with Gasteiger partial charge in [0.1, 0.15) is 11.6 Å². The number of carbonyl (C=O) groups excluding carboxylic acids is 1. The van der Waals surface area contributed by atoms with Crippen molar-refractivity contribution in [3.63, 3.8) is 0 Å². The number of methoxy groups -OCH3 is 2. The number of benzene rings is 1. The summed E-state index contributed by atoms with van der Waals surface area (Å²) in [6.45, 7) is 0. The van der Waals surface area contributed by atoms with Crippen molar-refractivity contribution in [2.75, 3.05) is 20.0 Å². The zero-order chi connectivity index (χ0) is 11.4. The lowest BCUT2D eigenvalue weighted by Crippen LogP contribution is -2.08. The molecule has 1 rings (SSSR count). The van der Waals surface area contributed by atoms with Crippen LogP contribution in [0.2, 0.25) is 0 Å². The number of halogens is 1. The number of hydrogen-bond acceptors (Lipinski definition) is 4. The van der Waals surface area contributed by atoms with Crippen molar-refractivity contribution < 1.29 is 18.7 Å². The summed E-state index contributed by atoms with van der Waals surface area (Å²) in [6, 6.07) is 2.31. The number of nitrogens with two attached hydrogens (primary N) is 1. The second-order valence-corrected chi connectivity index (χ2v) is 2.93. The quantitative estimate of drug-likeness (QED) is 0.604. The van der Waals surface area contributed by atoms with Crippen LogP contribution in [-0.2, 0) is 16.0 Å². The molecule has 2 N–H and O–H groups in total. The first-order chi connectivity index (χ1) is 7.08. The summed E-state index contributed by atoms with van der Waals surface area (Å²) in [4.78, 5) is 11.1. The van der Waals surface area contributed by atoms with Gasteiger partial charge in [0.25, 0.3) is 0 Å². The highest BCUT2D eigenvalue weighted by Gasteiger charge is 2.13. The van der Waals surface area contributed by atoms with E-state index in [-0.39, 0.29) is 17.9 Å². The van der Waals surface area contributed by atoms with Crippen molar-refractivity contribution in [3.8, 4) is 5.75 Å². The zero-order valence-corrected chi connectivity index (χ0v) is 8.54. The number of hydrogen-bond donors (Lipinski definition) is 1. The predicted octanol–water partition coefficient (Wildman–Crippen LogP) is 1.13. The Labute approximate surface area is 86.8 Å². The second-order valence-electron chi connectivity index (χ2n) is 2.93. The van der Waals surface area contributed by atoms with Crippen LogP contribution in [0.25, 0.3) is 0 Å². The first-order valence-corrected chi connectivity index (χ1v) is 4.27. The monoisotopic (exact) mass is 213 g/mol. The molecule has 0 saturated heterocycles. The molecule has 4 nitrogen and oxygen atoms in total. The van der Waals surface area contributed by atoms with E-state index < -0.39 is 11.8 Å². The molecule has 0 aliphatic rings. The van der Waals surface area contributed by atoms with Crippen LogP contribution in [0.4, 0.5) is 10.1 Å². The molecule has 5 heteroatoms. The van der Waals surface area contributed by atoms with Crippen LogP contribution >= 0.6 is 0 Å². The van der Waals surface area contributed by atoms with Gasteiger partial charge >= 0.3 is 5.97 Å². The Balaban J connectivity index is 3.09. The highest BCUT2D eigenvalue weighted by molar-refractivity contribution is 5.76. The number of rotatable bonds is 3. The number of esters is 1. The van der Waals surface area contributed by atoms with E-state index in [4.69, 9.17) is 10.5 Å². The zero-order valence-electron chi connectivity index (χ0n) is 8.54. The van der Waals surface area contributed by atoms with E-state index in [9.17, 15) is 9.18 Å². The Hall–Kier alpha value is -1.78. The lowest BCUT2D eigenvalue weighted by Gasteiger charge is -2.10. The average molecular weight is 213 g/mol. The lowest BCUT2D eigenvalue weighted by molar-refractivity contribution is -0.139.